The molecular formula is C6H6Cl4N2. The van der Waals surface area contributed by atoms with E-state index in [0.717, 1.165) is 0 Å². The fourth-order valence-electron chi connectivity index (χ4n) is 0.633. The van der Waals surface area contributed by atoms with E-state index in [-0.39, 0.29) is 12.4 Å². The van der Waals surface area contributed by atoms with Crippen molar-refractivity contribution in [3.05, 3.63) is 27.2 Å². The van der Waals surface area contributed by atoms with Gasteiger partial charge in [0.25, 0.3) is 0 Å². The SMILES string of the molecule is Cl.NNc1cc(Cl)c(Cl)cc1Cl. The van der Waals surface area contributed by atoms with Crippen LogP contribution in [0.15, 0.2) is 12.1 Å². The Morgan fingerprint density at radius 1 is 1.00 bits per heavy atom. The Kier molecular flexibility index (Phi) is 5.06. The molecule has 1 rings (SSSR count). The van der Waals surface area contributed by atoms with E-state index in [9.17, 15) is 0 Å². The lowest BCUT2D eigenvalue weighted by Crippen LogP contribution is -2.06. The molecule has 0 atom stereocenters. The van der Waals surface area contributed by atoms with Gasteiger partial charge in [-0.3, -0.25) is 5.84 Å². The van der Waals surface area contributed by atoms with Gasteiger partial charge in [0.2, 0.25) is 0 Å². The van der Waals surface area contributed by atoms with Gasteiger partial charge < -0.3 is 5.43 Å². The first kappa shape index (κ1) is 12.1. The van der Waals surface area contributed by atoms with Crippen molar-refractivity contribution in [3.63, 3.8) is 0 Å². The molecule has 0 saturated heterocycles. The highest BCUT2D eigenvalue weighted by Gasteiger charge is 2.03. The number of hydrogen-bond acceptors (Lipinski definition) is 2. The van der Waals surface area contributed by atoms with Gasteiger partial charge >= 0.3 is 0 Å². The summed E-state index contributed by atoms with van der Waals surface area (Å²) in [6, 6.07) is 3.09. The van der Waals surface area contributed by atoms with Crippen LogP contribution in [-0.4, -0.2) is 0 Å². The molecule has 0 bridgehead atoms. The molecule has 2 nitrogen and oxygen atoms in total. The molecule has 0 radical (unpaired) electrons. The summed E-state index contributed by atoms with van der Waals surface area (Å²) in [7, 11) is 0. The van der Waals surface area contributed by atoms with Gasteiger partial charge in [-0.15, -0.1) is 12.4 Å². The maximum absolute atomic E-state index is 5.72. The van der Waals surface area contributed by atoms with Crippen LogP contribution in [0.25, 0.3) is 0 Å². The van der Waals surface area contributed by atoms with Crippen molar-refractivity contribution >= 4 is 52.9 Å². The Labute approximate surface area is 91.4 Å². The molecule has 0 heterocycles. The summed E-state index contributed by atoms with van der Waals surface area (Å²) in [6.45, 7) is 0. The van der Waals surface area contributed by atoms with Crippen molar-refractivity contribution in [2.75, 3.05) is 5.43 Å². The number of rotatable bonds is 1. The van der Waals surface area contributed by atoms with Crippen LogP contribution in [0.4, 0.5) is 5.69 Å². The lowest BCUT2D eigenvalue weighted by molar-refractivity contribution is 1.35. The summed E-state index contributed by atoms with van der Waals surface area (Å²) in [5.74, 6) is 5.13. The van der Waals surface area contributed by atoms with Crippen LogP contribution in [0, 0.1) is 0 Å². The number of benzene rings is 1. The summed E-state index contributed by atoms with van der Waals surface area (Å²) in [5.41, 5.74) is 2.94. The minimum atomic E-state index is 0. The molecule has 0 saturated carbocycles. The topological polar surface area (TPSA) is 38.0 Å². The van der Waals surface area contributed by atoms with E-state index in [4.69, 9.17) is 40.6 Å². The molecule has 0 aliphatic carbocycles. The minimum Gasteiger partial charge on any atom is -0.323 e. The van der Waals surface area contributed by atoms with Crippen molar-refractivity contribution in [1.29, 1.82) is 0 Å². The van der Waals surface area contributed by atoms with E-state index in [1.165, 1.54) is 6.07 Å². The average molecular weight is 248 g/mol. The number of nitrogens with two attached hydrogens (primary N) is 1. The zero-order valence-corrected chi connectivity index (χ0v) is 8.86. The van der Waals surface area contributed by atoms with Crippen LogP contribution in [0.1, 0.15) is 0 Å². The lowest BCUT2D eigenvalue weighted by Gasteiger charge is -2.03. The molecule has 12 heavy (non-hydrogen) atoms. The molecule has 68 valence electrons. The Bertz CT molecular complexity index is 276. The van der Waals surface area contributed by atoms with Crippen molar-refractivity contribution in [1.82, 2.24) is 0 Å². The third-order valence-corrected chi connectivity index (χ3v) is 2.20. The third-order valence-electron chi connectivity index (χ3n) is 1.17. The number of hydrogen-bond donors (Lipinski definition) is 2. The predicted octanol–water partition coefficient (Wildman–Crippen LogP) is 3.35. The highest BCUT2D eigenvalue weighted by atomic mass is 35.5. The highest BCUT2D eigenvalue weighted by Crippen LogP contribution is 2.31. The van der Waals surface area contributed by atoms with Crippen molar-refractivity contribution in [2.45, 2.75) is 0 Å². The molecule has 0 aromatic heterocycles. The van der Waals surface area contributed by atoms with Gasteiger partial charge in [0, 0.05) is 0 Å². The second-order valence-corrected chi connectivity index (χ2v) is 3.11. The molecule has 3 N–H and O–H groups in total. The molecule has 0 aliphatic heterocycles. The van der Waals surface area contributed by atoms with E-state index in [2.05, 4.69) is 5.43 Å². The fraction of sp³-hybridized carbons (Fsp3) is 0. The van der Waals surface area contributed by atoms with Gasteiger partial charge in [-0.05, 0) is 12.1 Å². The third kappa shape index (κ3) is 2.57. The average Bonchev–Trinajstić information content (AvgIpc) is 1.97. The van der Waals surface area contributed by atoms with E-state index in [1.54, 1.807) is 6.07 Å². The first-order valence-corrected chi connectivity index (χ1v) is 3.89. The molecule has 0 spiro atoms. The number of halogens is 4. The Morgan fingerprint density at radius 3 is 2.00 bits per heavy atom. The second-order valence-electron chi connectivity index (χ2n) is 1.89. The normalized spacial score (nSPS) is 9.00. The number of nitrogen functional groups attached to an aromatic ring is 1. The summed E-state index contributed by atoms with van der Waals surface area (Å²) in [5, 5.41) is 1.28. The first-order chi connectivity index (χ1) is 5.15. The summed E-state index contributed by atoms with van der Waals surface area (Å²) in [4.78, 5) is 0. The Balaban J connectivity index is 0.00000121. The zero-order chi connectivity index (χ0) is 8.43. The van der Waals surface area contributed by atoms with E-state index in [0.29, 0.717) is 20.8 Å². The van der Waals surface area contributed by atoms with Crippen LogP contribution in [-0.2, 0) is 0 Å². The van der Waals surface area contributed by atoms with E-state index < -0.39 is 0 Å². The first-order valence-electron chi connectivity index (χ1n) is 2.76. The number of nitrogens with one attached hydrogen (secondary N) is 1. The van der Waals surface area contributed by atoms with Crippen molar-refractivity contribution in [2.24, 2.45) is 5.84 Å². The van der Waals surface area contributed by atoms with Crippen LogP contribution < -0.4 is 11.3 Å². The standard InChI is InChI=1S/C6H5Cl3N2.ClH/c7-3-1-5(9)6(11-10)2-4(3)8;/h1-2,11H,10H2;1H. The minimum absolute atomic E-state index is 0. The molecule has 0 unspecified atom stereocenters. The maximum Gasteiger partial charge on any atom is 0.0687 e. The van der Waals surface area contributed by atoms with Crippen LogP contribution >= 0.6 is 47.2 Å². The molecular weight excluding hydrogens is 242 g/mol. The molecule has 0 aliphatic rings. The van der Waals surface area contributed by atoms with Gasteiger partial charge in [0.1, 0.15) is 0 Å². The smallest absolute Gasteiger partial charge is 0.0687 e. The summed E-state index contributed by atoms with van der Waals surface area (Å²) in [6.07, 6.45) is 0. The highest BCUT2D eigenvalue weighted by molar-refractivity contribution is 6.44. The molecule has 6 heteroatoms. The van der Waals surface area contributed by atoms with E-state index >= 15 is 0 Å². The molecule has 1 aromatic carbocycles. The monoisotopic (exact) mass is 246 g/mol. The van der Waals surface area contributed by atoms with E-state index in [1.807, 2.05) is 0 Å². The maximum atomic E-state index is 5.72. The molecule has 0 amide bonds. The van der Waals surface area contributed by atoms with Gasteiger partial charge in [0.15, 0.2) is 0 Å². The number of anilines is 1. The number of hydrazine groups is 1. The van der Waals surface area contributed by atoms with Crippen molar-refractivity contribution < 1.29 is 0 Å². The van der Waals surface area contributed by atoms with Crippen LogP contribution in [0.3, 0.4) is 0 Å². The second kappa shape index (κ2) is 5.00. The summed E-state index contributed by atoms with van der Waals surface area (Å²) < 4.78 is 0. The quantitative estimate of drug-likeness (QED) is 0.454. The molecule has 0 fully saturated rings. The summed E-state index contributed by atoms with van der Waals surface area (Å²) >= 11 is 17.1. The predicted molar refractivity (Wildman–Crippen MR) is 56.5 cm³/mol. The Hall–Kier alpha value is 0.140. The fourth-order valence-corrected chi connectivity index (χ4v) is 1.23. The van der Waals surface area contributed by atoms with Crippen LogP contribution in [0.2, 0.25) is 15.1 Å². The molecule has 1 aromatic rings. The zero-order valence-electron chi connectivity index (χ0n) is 5.77. The van der Waals surface area contributed by atoms with Crippen LogP contribution in [0.5, 0.6) is 0 Å². The van der Waals surface area contributed by atoms with Gasteiger partial charge in [-0.2, -0.15) is 0 Å². The van der Waals surface area contributed by atoms with Gasteiger partial charge in [0.05, 0.1) is 20.8 Å². The lowest BCUT2D eigenvalue weighted by atomic mass is 10.3. The van der Waals surface area contributed by atoms with Gasteiger partial charge in [-0.25, -0.2) is 0 Å². The Morgan fingerprint density at radius 2 is 1.50 bits per heavy atom. The van der Waals surface area contributed by atoms with Gasteiger partial charge in [-0.1, -0.05) is 34.8 Å². The van der Waals surface area contributed by atoms with Crippen molar-refractivity contribution in [3.8, 4) is 0 Å². The largest absolute Gasteiger partial charge is 0.323 e.